The highest BCUT2D eigenvalue weighted by Crippen LogP contribution is 2.38. The van der Waals surface area contributed by atoms with Gasteiger partial charge in [-0.2, -0.15) is 0 Å². The van der Waals surface area contributed by atoms with Crippen molar-refractivity contribution < 1.29 is 19.1 Å². The zero-order chi connectivity index (χ0) is 23.5. The summed E-state index contributed by atoms with van der Waals surface area (Å²) in [6, 6.07) is 15.6. The van der Waals surface area contributed by atoms with Crippen molar-refractivity contribution in [2.75, 3.05) is 18.5 Å². The van der Waals surface area contributed by atoms with Gasteiger partial charge in [0, 0.05) is 10.4 Å². The molecule has 2 aromatic heterocycles. The van der Waals surface area contributed by atoms with E-state index in [2.05, 4.69) is 16.4 Å². The van der Waals surface area contributed by atoms with Crippen molar-refractivity contribution in [1.82, 2.24) is 4.98 Å². The zero-order valence-corrected chi connectivity index (χ0v) is 20.4. The highest BCUT2D eigenvalue weighted by atomic mass is 32.1. The van der Waals surface area contributed by atoms with E-state index < -0.39 is 0 Å². The number of hydrogen-bond acceptors (Lipinski definition) is 7. The summed E-state index contributed by atoms with van der Waals surface area (Å²) in [4.78, 5) is 31.0. The van der Waals surface area contributed by atoms with Crippen LogP contribution >= 0.6 is 22.7 Å². The molecule has 6 nitrogen and oxygen atoms in total. The Morgan fingerprint density at radius 1 is 1.03 bits per heavy atom. The third-order valence-electron chi connectivity index (χ3n) is 5.67. The molecule has 0 spiro atoms. The number of nitrogens with one attached hydrogen (secondary N) is 1. The summed E-state index contributed by atoms with van der Waals surface area (Å²) in [5.74, 6) is -0.0842. The number of amides is 1. The second kappa shape index (κ2) is 9.95. The van der Waals surface area contributed by atoms with Crippen LogP contribution in [0.1, 0.15) is 40.6 Å². The summed E-state index contributed by atoms with van der Waals surface area (Å²) in [7, 11) is 0. The van der Waals surface area contributed by atoms with E-state index in [-0.39, 0.29) is 18.5 Å². The lowest BCUT2D eigenvalue weighted by Gasteiger charge is -2.12. The van der Waals surface area contributed by atoms with E-state index in [1.54, 1.807) is 18.3 Å². The number of aromatic nitrogens is 1. The van der Waals surface area contributed by atoms with E-state index in [1.165, 1.54) is 11.3 Å². The Bertz CT molecular complexity index is 1310. The number of aryl methyl sites for hydroxylation is 1. The van der Waals surface area contributed by atoms with Crippen molar-refractivity contribution >= 4 is 49.8 Å². The molecule has 0 saturated heterocycles. The smallest absolute Gasteiger partial charge is 0.341 e. The monoisotopic (exact) mass is 492 g/mol. The number of thiophene rings is 1. The Labute approximate surface area is 205 Å². The van der Waals surface area contributed by atoms with Crippen LogP contribution in [0.25, 0.3) is 20.8 Å². The van der Waals surface area contributed by atoms with Crippen LogP contribution in [-0.4, -0.2) is 30.1 Å². The fraction of sp³-hybridized carbons (Fsp3) is 0.269. The summed E-state index contributed by atoms with van der Waals surface area (Å²) in [5, 5.41) is 4.38. The maximum Gasteiger partial charge on any atom is 0.341 e. The Morgan fingerprint density at radius 3 is 2.62 bits per heavy atom. The number of thiazole rings is 1. The molecule has 0 aliphatic heterocycles. The number of rotatable bonds is 7. The molecule has 34 heavy (non-hydrogen) atoms. The van der Waals surface area contributed by atoms with Gasteiger partial charge in [-0.15, -0.1) is 22.7 Å². The van der Waals surface area contributed by atoms with E-state index in [0.717, 1.165) is 56.9 Å². The average molecular weight is 493 g/mol. The molecule has 0 bridgehead atoms. The SMILES string of the molecule is CCOC(=O)c1c(NC(=O)COc2ccc(-c3nc4ccccc4s3)cc2)sc2c1CCCC2. The number of carbonyl (C=O) groups excluding carboxylic acids is 2. The largest absolute Gasteiger partial charge is 0.484 e. The van der Waals surface area contributed by atoms with Crippen LogP contribution in [0.3, 0.4) is 0 Å². The van der Waals surface area contributed by atoms with Crippen LogP contribution in [-0.2, 0) is 22.4 Å². The van der Waals surface area contributed by atoms with Gasteiger partial charge in [-0.1, -0.05) is 12.1 Å². The first-order valence-electron chi connectivity index (χ1n) is 11.3. The molecule has 0 fully saturated rings. The van der Waals surface area contributed by atoms with E-state index in [1.807, 2.05) is 42.5 Å². The lowest BCUT2D eigenvalue weighted by atomic mass is 9.95. The molecule has 1 N–H and O–H groups in total. The summed E-state index contributed by atoms with van der Waals surface area (Å²) in [6.45, 7) is 1.93. The lowest BCUT2D eigenvalue weighted by molar-refractivity contribution is -0.118. The number of anilines is 1. The molecule has 0 radical (unpaired) electrons. The van der Waals surface area contributed by atoms with Gasteiger partial charge >= 0.3 is 5.97 Å². The molecule has 2 aromatic carbocycles. The van der Waals surface area contributed by atoms with Crippen LogP contribution in [0.4, 0.5) is 5.00 Å². The molecule has 0 saturated carbocycles. The topological polar surface area (TPSA) is 77.5 Å². The fourth-order valence-corrected chi connectivity index (χ4v) is 6.34. The highest BCUT2D eigenvalue weighted by Gasteiger charge is 2.27. The number of ether oxygens (including phenoxy) is 2. The van der Waals surface area contributed by atoms with Crippen LogP contribution < -0.4 is 10.1 Å². The molecular weight excluding hydrogens is 468 g/mol. The quantitative estimate of drug-likeness (QED) is 0.316. The standard InChI is InChI=1S/C26H24N2O4S2/c1-2-31-26(30)23-18-7-3-5-9-20(18)33-25(23)28-22(29)15-32-17-13-11-16(12-14-17)24-27-19-8-4-6-10-21(19)34-24/h4,6,8,10-14H,2-3,5,7,9,15H2,1H3,(H,28,29). The van der Waals surface area contributed by atoms with Gasteiger partial charge in [0.15, 0.2) is 6.61 Å². The van der Waals surface area contributed by atoms with Gasteiger partial charge in [0.1, 0.15) is 15.8 Å². The van der Waals surface area contributed by atoms with Gasteiger partial charge in [-0.05, 0) is 74.6 Å². The zero-order valence-electron chi connectivity index (χ0n) is 18.8. The molecule has 1 aliphatic rings. The van der Waals surface area contributed by atoms with E-state index in [9.17, 15) is 9.59 Å². The highest BCUT2D eigenvalue weighted by molar-refractivity contribution is 7.21. The van der Waals surface area contributed by atoms with Crippen LogP contribution in [0.15, 0.2) is 48.5 Å². The summed E-state index contributed by atoms with van der Waals surface area (Å²) in [6.07, 6.45) is 3.91. The minimum atomic E-state index is -0.372. The molecule has 5 rings (SSSR count). The Hall–Kier alpha value is -3.23. The summed E-state index contributed by atoms with van der Waals surface area (Å²) in [5.41, 5.74) is 3.52. The van der Waals surface area contributed by atoms with Gasteiger partial charge in [0.25, 0.3) is 5.91 Å². The minimum absolute atomic E-state index is 0.148. The second-order valence-electron chi connectivity index (χ2n) is 7.98. The predicted molar refractivity (Wildman–Crippen MR) is 136 cm³/mol. The number of hydrogen-bond donors (Lipinski definition) is 1. The van der Waals surface area contributed by atoms with Crippen molar-refractivity contribution in [3.8, 4) is 16.3 Å². The van der Waals surface area contributed by atoms with E-state index in [4.69, 9.17) is 9.47 Å². The first kappa shape index (κ1) is 22.6. The molecule has 0 atom stereocenters. The number of fused-ring (bicyclic) bond motifs is 2. The Balaban J connectivity index is 1.24. The predicted octanol–water partition coefficient (Wildman–Crippen LogP) is 6.10. The van der Waals surface area contributed by atoms with Crippen LogP contribution in [0, 0.1) is 0 Å². The molecule has 8 heteroatoms. The van der Waals surface area contributed by atoms with E-state index >= 15 is 0 Å². The Morgan fingerprint density at radius 2 is 1.82 bits per heavy atom. The van der Waals surface area contributed by atoms with E-state index in [0.29, 0.717) is 22.9 Å². The third kappa shape index (κ3) is 4.69. The number of esters is 1. The molecule has 2 heterocycles. The normalized spacial score (nSPS) is 12.9. The van der Waals surface area contributed by atoms with Gasteiger partial charge in [-0.25, -0.2) is 9.78 Å². The van der Waals surface area contributed by atoms with Crippen molar-refractivity contribution in [3.05, 3.63) is 64.5 Å². The van der Waals surface area contributed by atoms with Gasteiger partial charge in [0.2, 0.25) is 0 Å². The minimum Gasteiger partial charge on any atom is -0.484 e. The molecule has 174 valence electrons. The van der Waals surface area contributed by atoms with Crippen molar-refractivity contribution in [3.63, 3.8) is 0 Å². The third-order valence-corrected chi connectivity index (χ3v) is 7.96. The average Bonchev–Trinajstić information content (AvgIpc) is 3.44. The number of carbonyl (C=O) groups is 2. The summed E-state index contributed by atoms with van der Waals surface area (Å²) >= 11 is 3.11. The fourth-order valence-electron chi connectivity index (χ4n) is 4.07. The maximum atomic E-state index is 12.6. The molecular formula is C26H24N2O4S2. The Kier molecular flexibility index (Phi) is 6.60. The van der Waals surface area contributed by atoms with Gasteiger partial charge in [-0.3, -0.25) is 4.79 Å². The van der Waals surface area contributed by atoms with Crippen LogP contribution in [0.2, 0.25) is 0 Å². The van der Waals surface area contributed by atoms with Gasteiger partial charge in [0.05, 0.1) is 22.4 Å². The van der Waals surface area contributed by atoms with Crippen molar-refractivity contribution in [2.45, 2.75) is 32.6 Å². The second-order valence-corrected chi connectivity index (χ2v) is 10.1. The van der Waals surface area contributed by atoms with Crippen molar-refractivity contribution in [2.24, 2.45) is 0 Å². The van der Waals surface area contributed by atoms with Crippen molar-refractivity contribution in [1.29, 1.82) is 0 Å². The lowest BCUT2D eigenvalue weighted by Crippen LogP contribution is -2.21. The number of benzene rings is 2. The number of para-hydroxylation sites is 1. The molecule has 0 unspecified atom stereocenters. The first-order valence-corrected chi connectivity index (χ1v) is 13.0. The summed E-state index contributed by atoms with van der Waals surface area (Å²) < 4.78 is 12.1. The molecule has 4 aromatic rings. The van der Waals surface area contributed by atoms with Crippen LogP contribution in [0.5, 0.6) is 5.75 Å². The maximum absolute atomic E-state index is 12.6. The first-order chi connectivity index (χ1) is 16.6. The number of nitrogens with zero attached hydrogens (tertiary/aromatic N) is 1. The molecule has 1 amide bonds. The van der Waals surface area contributed by atoms with Gasteiger partial charge < -0.3 is 14.8 Å². The molecule has 1 aliphatic carbocycles.